The molecule has 0 atom stereocenters. The second-order valence-electron chi connectivity index (χ2n) is 7.23. The summed E-state index contributed by atoms with van der Waals surface area (Å²) in [6.07, 6.45) is 1.17. The summed E-state index contributed by atoms with van der Waals surface area (Å²) in [4.78, 5) is 29.2. The number of ether oxygens (including phenoxy) is 1. The van der Waals surface area contributed by atoms with Gasteiger partial charge in [-0.3, -0.25) is 9.59 Å². The number of amides is 2. The SMILES string of the molecule is COc1cccc(C(=O)N2CCC3(CC2)NC(=O)c2cc(F)ccc2N3C)c1. The number of anilines is 1. The second-order valence-corrected chi connectivity index (χ2v) is 7.23. The van der Waals surface area contributed by atoms with Crippen molar-refractivity contribution in [3.05, 3.63) is 59.4 Å². The molecule has 7 heteroatoms. The molecule has 2 heterocycles. The molecule has 0 radical (unpaired) electrons. The Bertz CT molecular complexity index is 938. The molecule has 0 unspecified atom stereocenters. The zero-order valence-corrected chi connectivity index (χ0v) is 15.9. The van der Waals surface area contributed by atoms with E-state index in [1.807, 2.05) is 11.9 Å². The zero-order chi connectivity index (χ0) is 19.9. The highest BCUT2D eigenvalue weighted by atomic mass is 19.1. The van der Waals surface area contributed by atoms with Gasteiger partial charge in [0.15, 0.2) is 0 Å². The van der Waals surface area contributed by atoms with Gasteiger partial charge in [-0.15, -0.1) is 0 Å². The first kappa shape index (κ1) is 18.3. The first-order chi connectivity index (χ1) is 13.4. The quantitative estimate of drug-likeness (QED) is 0.866. The van der Waals surface area contributed by atoms with Gasteiger partial charge in [-0.1, -0.05) is 6.07 Å². The molecule has 0 aromatic heterocycles. The van der Waals surface area contributed by atoms with E-state index in [1.54, 1.807) is 42.3 Å². The van der Waals surface area contributed by atoms with Crippen LogP contribution in [-0.4, -0.2) is 49.6 Å². The highest BCUT2D eigenvalue weighted by Gasteiger charge is 2.45. The van der Waals surface area contributed by atoms with Gasteiger partial charge in [-0.2, -0.15) is 0 Å². The molecule has 4 rings (SSSR count). The summed E-state index contributed by atoms with van der Waals surface area (Å²) in [5.74, 6) is -0.124. The smallest absolute Gasteiger partial charge is 0.255 e. The van der Waals surface area contributed by atoms with Gasteiger partial charge in [-0.25, -0.2) is 4.39 Å². The van der Waals surface area contributed by atoms with Crippen LogP contribution in [0.5, 0.6) is 5.75 Å². The lowest BCUT2D eigenvalue weighted by molar-refractivity contribution is 0.0608. The maximum atomic E-state index is 13.5. The molecular formula is C21H22FN3O3. The van der Waals surface area contributed by atoms with E-state index < -0.39 is 11.5 Å². The summed E-state index contributed by atoms with van der Waals surface area (Å²) in [6, 6.07) is 11.4. The Hall–Kier alpha value is -3.09. The highest BCUT2D eigenvalue weighted by molar-refractivity contribution is 6.02. The van der Waals surface area contributed by atoms with Crippen molar-refractivity contribution in [2.24, 2.45) is 0 Å². The lowest BCUT2D eigenvalue weighted by Crippen LogP contribution is -2.67. The normalized spacial score (nSPS) is 17.9. The number of hydrogen-bond donors (Lipinski definition) is 1. The third kappa shape index (κ3) is 2.96. The minimum absolute atomic E-state index is 0.0546. The summed E-state index contributed by atoms with van der Waals surface area (Å²) in [5, 5.41) is 3.04. The fourth-order valence-electron chi connectivity index (χ4n) is 4.05. The molecule has 1 spiro atoms. The van der Waals surface area contributed by atoms with Crippen molar-refractivity contribution < 1.29 is 18.7 Å². The van der Waals surface area contributed by atoms with Gasteiger partial charge in [-0.05, 0) is 36.4 Å². The summed E-state index contributed by atoms with van der Waals surface area (Å²) >= 11 is 0. The van der Waals surface area contributed by atoms with Crippen LogP contribution in [0.4, 0.5) is 10.1 Å². The van der Waals surface area contributed by atoms with E-state index in [0.29, 0.717) is 48.5 Å². The number of rotatable bonds is 2. The maximum Gasteiger partial charge on any atom is 0.255 e. The van der Waals surface area contributed by atoms with Gasteiger partial charge < -0.3 is 19.9 Å². The summed E-state index contributed by atoms with van der Waals surface area (Å²) in [5.41, 5.74) is 1.05. The molecule has 0 aliphatic carbocycles. The zero-order valence-electron chi connectivity index (χ0n) is 15.9. The van der Waals surface area contributed by atoms with Gasteiger partial charge >= 0.3 is 0 Å². The van der Waals surface area contributed by atoms with Gasteiger partial charge in [0.25, 0.3) is 11.8 Å². The van der Waals surface area contributed by atoms with Gasteiger partial charge in [0, 0.05) is 38.5 Å². The number of carbonyl (C=O) groups excluding carboxylic acids is 2. The van der Waals surface area contributed by atoms with Crippen molar-refractivity contribution in [1.29, 1.82) is 0 Å². The lowest BCUT2D eigenvalue weighted by Gasteiger charge is -2.51. The Labute approximate surface area is 162 Å². The number of piperidine rings is 1. The molecule has 1 saturated heterocycles. The van der Waals surface area contributed by atoms with Crippen molar-refractivity contribution in [2.75, 3.05) is 32.1 Å². The number of likely N-dealkylation sites (tertiary alicyclic amines) is 1. The number of halogens is 1. The van der Waals surface area contributed by atoms with E-state index >= 15 is 0 Å². The second kappa shape index (κ2) is 6.82. The number of fused-ring (bicyclic) bond motifs is 1. The predicted molar refractivity (Wildman–Crippen MR) is 103 cm³/mol. The van der Waals surface area contributed by atoms with Gasteiger partial charge in [0.1, 0.15) is 17.2 Å². The molecule has 1 N–H and O–H groups in total. The molecule has 0 bridgehead atoms. The van der Waals surface area contributed by atoms with Crippen molar-refractivity contribution in [2.45, 2.75) is 18.5 Å². The van der Waals surface area contributed by atoms with Crippen LogP contribution in [0.3, 0.4) is 0 Å². The van der Waals surface area contributed by atoms with E-state index in [-0.39, 0.29) is 11.8 Å². The molecule has 2 aliphatic rings. The van der Waals surface area contributed by atoms with Crippen LogP contribution in [0.2, 0.25) is 0 Å². The van der Waals surface area contributed by atoms with Crippen molar-refractivity contribution in [1.82, 2.24) is 10.2 Å². The van der Waals surface area contributed by atoms with Crippen LogP contribution in [0.15, 0.2) is 42.5 Å². The van der Waals surface area contributed by atoms with E-state index in [2.05, 4.69) is 5.32 Å². The number of nitrogens with zero attached hydrogens (tertiary/aromatic N) is 2. The summed E-state index contributed by atoms with van der Waals surface area (Å²) in [6.45, 7) is 1.02. The topological polar surface area (TPSA) is 61.9 Å². The Morgan fingerprint density at radius 2 is 1.93 bits per heavy atom. The lowest BCUT2D eigenvalue weighted by atomic mass is 9.90. The fraction of sp³-hybridized carbons (Fsp3) is 0.333. The molecule has 0 saturated carbocycles. The Kier molecular flexibility index (Phi) is 4.45. The van der Waals surface area contributed by atoms with Crippen LogP contribution >= 0.6 is 0 Å². The molecule has 28 heavy (non-hydrogen) atoms. The fourth-order valence-corrected chi connectivity index (χ4v) is 4.05. The van der Waals surface area contributed by atoms with E-state index in [1.165, 1.54) is 12.1 Å². The Morgan fingerprint density at radius 3 is 2.64 bits per heavy atom. The summed E-state index contributed by atoms with van der Waals surface area (Å²) in [7, 11) is 3.47. The molecule has 2 aromatic rings. The van der Waals surface area contributed by atoms with Gasteiger partial charge in [0.2, 0.25) is 0 Å². The average Bonchev–Trinajstić information content (AvgIpc) is 2.72. The molecule has 2 aromatic carbocycles. The van der Waals surface area contributed by atoms with Crippen LogP contribution in [0.25, 0.3) is 0 Å². The molecule has 6 nitrogen and oxygen atoms in total. The first-order valence-electron chi connectivity index (χ1n) is 9.23. The standard InChI is InChI=1S/C21H22FN3O3/c1-24-18-7-6-15(22)13-17(18)19(26)23-21(24)8-10-25(11-9-21)20(27)14-4-3-5-16(12-14)28-2/h3-7,12-13H,8-11H2,1-2H3,(H,23,26). The number of hydrogen-bond acceptors (Lipinski definition) is 4. The molecular weight excluding hydrogens is 361 g/mol. The minimum Gasteiger partial charge on any atom is -0.497 e. The van der Waals surface area contributed by atoms with E-state index in [9.17, 15) is 14.0 Å². The van der Waals surface area contributed by atoms with Crippen molar-refractivity contribution in [3.8, 4) is 5.75 Å². The Morgan fingerprint density at radius 1 is 1.18 bits per heavy atom. The number of methoxy groups -OCH3 is 1. The average molecular weight is 383 g/mol. The molecule has 146 valence electrons. The molecule has 2 aliphatic heterocycles. The number of carbonyl (C=O) groups is 2. The highest BCUT2D eigenvalue weighted by Crippen LogP contribution is 2.36. The largest absolute Gasteiger partial charge is 0.497 e. The third-order valence-corrected chi connectivity index (χ3v) is 5.75. The first-order valence-corrected chi connectivity index (χ1v) is 9.23. The monoisotopic (exact) mass is 383 g/mol. The van der Waals surface area contributed by atoms with E-state index in [0.717, 1.165) is 0 Å². The molecule has 1 fully saturated rings. The van der Waals surface area contributed by atoms with Crippen molar-refractivity contribution in [3.63, 3.8) is 0 Å². The predicted octanol–water partition coefficient (Wildman–Crippen LogP) is 2.65. The van der Waals surface area contributed by atoms with Crippen LogP contribution in [0.1, 0.15) is 33.6 Å². The number of nitrogens with one attached hydrogen (secondary N) is 1. The van der Waals surface area contributed by atoms with Crippen molar-refractivity contribution >= 4 is 17.5 Å². The van der Waals surface area contributed by atoms with Crippen LogP contribution < -0.4 is 15.0 Å². The molecule has 2 amide bonds. The Balaban J connectivity index is 1.52. The third-order valence-electron chi connectivity index (χ3n) is 5.75. The maximum absolute atomic E-state index is 13.5. The summed E-state index contributed by atoms with van der Waals surface area (Å²) < 4.78 is 18.7. The minimum atomic E-state index is -0.576. The number of benzene rings is 2. The van der Waals surface area contributed by atoms with E-state index in [4.69, 9.17) is 4.74 Å². The van der Waals surface area contributed by atoms with Crippen LogP contribution in [-0.2, 0) is 0 Å². The van der Waals surface area contributed by atoms with Crippen LogP contribution in [0, 0.1) is 5.82 Å². The van der Waals surface area contributed by atoms with Gasteiger partial charge in [0.05, 0.1) is 18.4 Å².